The SMILES string of the molecule is COc1cc2c(cc1OC)C(c1ccccc1)N(CCCOc1ccc(CCC(=O)O)cc1)CC2. The van der Waals surface area contributed by atoms with Crippen molar-refractivity contribution in [2.45, 2.75) is 31.7 Å². The first-order valence-corrected chi connectivity index (χ1v) is 12.1. The molecule has 1 aliphatic rings. The molecule has 6 heteroatoms. The van der Waals surface area contributed by atoms with E-state index in [2.05, 4.69) is 41.3 Å². The van der Waals surface area contributed by atoms with Crippen LogP contribution in [-0.4, -0.2) is 49.9 Å². The fourth-order valence-corrected chi connectivity index (χ4v) is 4.73. The van der Waals surface area contributed by atoms with E-state index in [9.17, 15) is 4.79 Å². The predicted octanol–water partition coefficient (Wildman–Crippen LogP) is 5.14. The van der Waals surface area contributed by atoms with Gasteiger partial charge in [0.05, 0.1) is 26.9 Å². The number of aryl methyl sites for hydroxylation is 1. The van der Waals surface area contributed by atoms with Gasteiger partial charge >= 0.3 is 5.97 Å². The van der Waals surface area contributed by atoms with Crippen LogP contribution in [-0.2, 0) is 17.6 Å². The molecule has 3 aromatic carbocycles. The predicted molar refractivity (Wildman–Crippen MR) is 136 cm³/mol. The number of fused-ring (bicyclic) bond motifs is 1. The summed E-state index contributed by atoms with van der Waals surface area (Å²) >= 11 is 0. The largest absolute Gasteiger partial charge is 0.494 e. The fraction of sp³-hybridized carbons (Fsp3) is 0.345. The van der Waals surface area contributed by atoms with Crippen molar-refractivity contribution in [3.05, 3.63) is 89.0 Å². The first-order chi connectivity index (χ1) is 17.1. The summed E-state index contributed by atoms with van der Waals surface area (Å²) in [5, 5.41) is 8.84. The number of hydrogen-bond donors (Lipinski definition) is 1. The number of carbonyl (C=O) groups is 1. The Hall–Kier alpha value is -3.51. The number of ether oxygens (including phenoxy) is 3. The smallest absolute Gasteiger partial charge is 0.303 e. The van der Waals surface area contributed by atoms with Gasteiger partial charge in [-0.05, 0) is 65.8 Å². The van der Waals surface area contributed by atoms with Crippen LogP contribution in [0.5, 0.6) is 17.2 Å². The van der Waals surface area contributed by atoms with Crippen LogP contribution < -0.4 is 14.2 Å². The Morgan fingerprint density at radius 1 is 1.00 bits per heavy atom. The van der Waals surface area contributed by atoms with E-state index in [1.807, 2.05) is 30.3 Å². The van der Waals surface area contributed by atoms with Crippen molar-refractivity contribution < 1.29 is 24.1 Å². The number of carboxylic acids is 1. The summed E-state index contributed by atoms with van der Waals surface area (Å²) in [5.74, 6) is 1.56. The maximum atomic E-state index is 10.7. The minimum absolute atomic E-state index is 0.139. The number of benzene rings is 3. The van der Waals surface area contributed by atoms with Gasteiger partial charge in [0.2, 0.25) is 0 Å². The van der Waals surface area contributed by atoms with Crippen LogP contribution in [0.1, 0.15) is 41.1 Å². The lowest BCUT2D eigenvalue weighted by Crippen LogP contribution is -2.37. The average molecular weight is 476 g/mol. The summed E-state index contributed by atoms with van der Waals surface area (Å²) in [7, 11) is 3.36. The molecule has 1 unspecified atom stereocenters. The monoisotopic (exact) mass is 475 g/mol. The van der Waals surface area contributed by atoms with Gasteiger partial charge in [0.15, 0.2) is 11.5 Å². The average Bonchev–Trinajstić information content (AvgIpc) is 2.89. The summed E-state index contributed by atoms with van der Waals surface area (Å²) in [5.41, 5.74) is 4.83. The fourth-order valence-electron chi connectivity index (χ4n) is 4.73. The molecule has 0 saturated heterocycles. The maximum Gasteiger partial charge on any atom is 0.303 e. The van der Waals surface area contributed by atoms with Gasteiger partial charge in [-0.3, -0.25) is 9.69 Å². The standard InChI is InChI=1S/C29H33NO5/c1-33-26-19-23-15-17-30(29(22-7-4-3-5-8-22)25(23)20-27(26)34-2)16-6-18-35-24-12-9-21(10-13-24)11-14-28(31)32/h3-5,7-10,12-13,19-20,29H,6,11,14-18H2,1-2H3,(H,31,32). The lowest BCUT2D eigenvalue weighted by atomic mass is 9.87. The zero-order valence-corrected chi connectivity index (χ0v) is 20.4. The van der Waals surface area contributed by atoms with Gasteiger partial charge in [-0.15, -0.1) is 0 Å². The summed E-state index contributed by atoms with van der Waals surface area (Å²) in [6.07, 6.45) is 2.52. The van der Waals surface area contributed by atoms with Crippen molar-refractivity contribution in [3.8, 4) is 17.2 Å². The summed E-state index contributed by atoms with van der Waals surface area (Å²) in [6.45, 7) is 2.48. The molecule has 0 aliphatic carbocycles. The van der Waals surface area contributed by atoms with Gasteiger partial charge in [0.1, 0.15) is 5.75 Å². The highest BCUT2D eigenvalue weighted by Crippen LogP contribution is 2.41. The molecular formula is C29H33NO5. The van der Waals surface area contributed by atoms with Crippen LogP contribution in [0.4, 0.5) is 0 Å². The number of rotatable bonds is 11. The van der Waals surface area contributed by atoms with E-state index in [1.54, 1.807) is 14.2 Å². The molecule has 0 aromatic heterocycles. The number of hydrogen-bond acceptors (Lipinski definition) is 5. The summed E-state index contributed by atoms with van der Waals surface area (Å²) < 4.78 is 17.1. The Morgan fingerprint density at radius 3 is 2.40 bits per heavy atom. The molecule has 0 bridgehead atoms. The normalized spacial score (nSPS) is 15.3. The van der Waals surface area contributed by atoms with Gasteiger partial charge in [-0.25, -0.2) is 0 Å². The third kappa shape index (κ3) is 6.14. The van der Waals surface area contributed by atoms with E-state index in [0.717, 1.165) is 48.7 Å². The molecule has 35 heavy (non-hydrogen) atoms. The number of aliphatic carboxylic acids is 1. The molecule has 0 radical (unpaired) electrons. The molecule has 1 aliphatic heterocycles. The second kappa shape index (κ2) is 11.8. The third-order valence-corrected chi connectivity index (χ3v) is 6.50. The molecular weight excluding hydrogens is 442 g/mol. The van der Waals surface area contributed by atoms with E-state index < -0.39 is 5.97 Å². The number of nitrogens with zero attached hydrogens (tertiary/aromatic N) is 1. The van der Waals surface area contributed by atoms with Gasteiger partial charge in [-0.1, -0.05) is 42.5 Å². The van der Waals surface area contributed by atoms with Crippen LogP contribution in [0.2, 0.25) is 0 Å². The summed E-state index contributed by atoms with van der Waals surface area (Å²) in [4.78, 5) is 13.3. The van der Waals surface area contributed by atoms with Gasteiger partial charge < -0.3 is 19.3 Å². The van der Waals surface area contributed by atoms with E-state index in [0.29, 0.717) is 13.0 Å². The van der Waals surface area contributed by atoms with E-state index in [-0.39, 0.29) is 12.5 Å². The molecule has 0 amide bonds. The van der Waals surface area contributed by atoms with Gasteiger partial charge in [-0.2, -0.15) is 0 Å². The molecule has 184 valence electrons. The zero-order valence-electron chi connectivity index (χ0n) is 20.4. The Labute approximate surface area is 207 Å². The molecule has 3 aromatic rings. The van der Waals surface area contributed by atoms with Crippen molar-refractivity contribution in [1.29, 1.82) is 0 Å². The quantitative estimate of drug-likeness (QED) is 0.388. The Kier molecular flexibility index (Phi) is 8.27. The van der Waals surface area contributed by atoms with Crippen molar-refractivity contribution in [1.82, 2.24) is 4.90 Å². The highest BCUT2D eigenvalue weighted by atomic mass is 16.5. The highest BCUT2D eigenvalue weighted by molar-refractivity contribution is 5.67. The first-order valence-electron chi connectivity index (χ1n) is 12.1. The van der Waals surface area contributed by atoms with Crippen molar-refractivity contribution in [3.63, 3.8) is 0 Å². The second-order valence-electron chi connectivity index (χ2n) is 8.74. The van der Waals surface area contributed by atoms with Crippen LogP contribution in [0.15, 0.2) is 66.7 Å². The van der Waals surface area contributed by atoms with Crippen LogP contribution >= 0.6 is 0 Å². The topological polar surface area (TPSA) is 68.2 Å². The molecule has 0 saturated carbocycles. The molecule has 1 atom stereocenters. The Bertz CT molecular complexity index is 1110. The molecule has 4 rings (SSSR count). The van der Waals surface area contributed by atoms with E-state index in [4.69, 9.17) is 19.3 Å². The Balaban J connectivity index is 1.42. The van der Waals surface area contributed by atoms with Crippen molar-refractivity contribution in [2.24, 2.45) is 0 Å². The molecule has 1 N–H and O–H groups in total. The minimum Gasteiger partial charge on any atom is -0.494 e. The Morgan fingerprint density at radius 2 is 1.71 bits per heavy atom. The lowest BCUT2D eigenvalue weighted by Gasteiger charge is -2.38. The molecule has 0 spiro atoms. The molecule has 0 fully saturated rings. The van der Waals surface area contributed by atoms with Crippen LogP contribution in [0.3, 0.4) is 0 Å². The van der Waals surface area contributed by atoms with Crippen molar-refractivity contribution in [2.75, 3.05) is 33.9 Å². The second-order valence-corrected chi connectivity index (χ2v) is 8.74. The van der Waals surface area contributed by atoms with Crippen molar-refractivity contribution >= 4 is 5.97 Å². The third-order valence-electron chi connectivity index (χ3n) is 6.50. The van der Waals surface area contributed by atoms with Gasteiger partial charge in [0, 0.05) is 19.5 Å². The minimum atomic E-state index is -0.781. The molecule has 1 heterocycles. The van der Waals surface area contributed by atoms with Crippen LogP contribution in [0.25, 0.3) is 0 Å². The summed E-state index contributed by atoms with van der Waals surface area (Å²) in [6, 6.07) is 22.7. The number of methoxy groups -OCH3 is 2. The lowest BCUT2D eigenvalue weighted by molar-refractivity contribution is -0.136. The van der Waals surface area contributed by atoms with Crippen LogP contribution in [0, 0.1) is 0 Å². The first kappa shape index (κ1) is 24.6. The highest BCUT2D eigenvalue weighted by Gasteiger charge is 2.30. The maximum absolute atomic E-state index is 10.7. The molecule has 6 nitrogen and oxygen atoms in total. The van der Waals surface area contributed by atoms with E-state index in [1.165, 1.54) is 16.7 Å². The number of carboxylic acid groups (broad SMARTS) is 1. The van der Waals surface area contributed by atoms with E-state index >= 15 is 0 Å². The zero-order chi connectivity index (χ0) is 24.6. The van der Waals surface area contributed by atoms with Gasteiger partial charge in [0.25, 0.3) is 0 Å².